The van der Waals surface area contributed by atoms with Crippen molar-refractivity contribution in [2.75, 3.05) is 6.61 Å². The average Bonchev–Trinajstić information content (AvgIpc) is 3.34. The van der Waals surface area contributed by atoms with Crippen LogP contribution < -0.4 is 0 Å². The molecule has 1 atom stereocenters. The van der Waals surface area contributed by atoms with Gasteiger partial charge in [-0.25, -0.2) is 15.0 Å². The molecule has 0 saturated heterocycles. The van der Waals surface area contributed by atoms with E-state index in [1.165, 1.54) is 5.56 Å². The minimum Gasteiger partial charge on any atom is -0.416 e. The molecule has 0 aliphatic heterocycles. The normalized spacial score (nSPS) is 18.1. The molecular weight excluding hydrogens is 440 g/mol. The van der Waals surface area contributed by atoms with Crippen LogP contribution in [0.4, 0.5) is 0 Å². The van der Waals surface area contributed by atoms with Gasteiger partial charge in [0.2, 0.25) is 0 Å². The Morgan fingerprint density at radius 3 is 2.65 bits per heavy atom. The molecule has 4 rings (SSSR count). The fourth-order valence-corrected chi connectivity index (χ4v) is 5.34. The van der Waals surface area contributed by atoms with Crippen molar-refractivity contribution in [3.05, 3.63) is 58.9 Å². The maximum Gasteiger partial charge on any atom is 0.192 e. The number of rotatable bonds is 6. The predicted octanol–water partition coefficient (Wildman–Crippen LogP) is 4.96. The summed E-state index contributed by atoms with van der Waals surface area (Å²) in [6.45, 7) is 14.3. The smallest absolute Gasteiger partial charge is 0.192 e. The molecule has 8 heteroatoms. The molecule has 0 amide bonds. The summed E-state index contributed by atoms with van der Waals surface area (Å²) in [5.41, 5.74) is 4.63. The maximum atomic E-state index is 9.92. The van der Waals surface area contributed by atoms with Crippen LogP contribution in [0, 0.1) is 11.3 Å². The van der Waals surface area contributed by atoms with Crippen molar-refractivity contribution in [1.82, 2.24) is 24.7 Å². The quantitative estimate of drug-likeness (QED) is 0.469. The molecule has 34 heavy (non-hydrogen) atoms. The molecule has 7 nitrogen and oxygen atoms in total. The van der Waals surface area contributed by atoms with Gasteiger partial charge in [-0.3, -0.25) is 4.68 Å². The summed E-state index contributed by atoms with van der Waals surface area (Å²) in [7, 11) is 0.00234. The Hall–Kier alpha value is -2.89. The number of fused-ring (bicyclic) bond motifs is 1. The molecule has 0 radical (unpaired) electrons. The lowest BCUT2D eigenvalue weighted by Crippen LogP contribution is -2.44. The van der Waals surface area contributed by atoms with Crippen LogP contribution in [-0.2, 0) is 29.7 Å². The third kappa shape index (κ3) is 4.68. The number of benzene rings is 1. The Morgan fingerprint density at radius 2 is 2.00 bits per heavy atom. The molecule has 0 saturated carbocycles. The van der Waals surface area contributed by atoms with Crippen molar-refractivity contribution < 1.29 is 4.43 Å². The number of aryl methyl sites for hydroxylation is 1. The monoisotopic (exact) mass is 474 g/mol. The summed E-state index contributed by atoms with van der Waals surface area (Å²) in [4.78, 5) is 13.5. The first-order chi connectivity index (χ1) is 15.9. The standard InChI is InChI=1S/C26H34N6OSi/c1-25(2,3)34(6,7)33-16-26(4)10-8-21-19(15-27)12-18(13-22(21)26)24-29-17-28-23(30-24)14-20-9-11-32(5)31-20/h9,11-13,17H,8,10,14,16H2,1-7H3. The first-order valence-corrected chi connectivity index (χ1v) is 14.7. The molecule has 2 aromatic heterocycles. The highest BCUT2D eigenvalue weighted by Crippen LogP contribution is 2.44. The van der Waals surface area contributed by atoms with Crippen molar-refractivity contribution in [1.29, 1.82) is 5.26 Å². The van der Waals surface area contributed by atoms with Gasteiger partial charge < -0.3 is 4.43 Å². The van der Waals surface area contributed by atoms with Crippen LogP contribution in [0.25, 0.3) is 11.4 Å². The predicted molar refractivity (Wildman–Crippen MR) is 135 cm³/mol. The van der Waals surface area contributed by atoms with Gasteiger partial charge in [-0.1, -0.05) is 27.7 Å². The number of aromatic nitrogens is 5. The molecule has 1 aromatic carbocycles. The highest BCUT2D eigenvalue weighted by molar-refractivity contribution is 6.74. The molecule has 0 bridgehead atoms. The van der Waals surface area contributed by atoms with E-state index in [0.717, 1.165) is 29.7 Å². The molecule has 1 aliphatic carbocycles. The van der Waals surface area contributed by atoms with E-state index in [2.05, 4.69) is 68.0 Å². The Bertz CT molecular complexity index is 1250. The first kappa shape index (κ1) is 24.2. The molecule has 1 aliphatic rings. The maximum absolute atomic E-state index is 9.92. The molecule has 0 spiro atoms. The van der Waals surface area contributed by atoms with Gasteiger partial charge in [0.1, 0.15) is 12.2 Å². The highest BCUT2D eigenvalue weighted by Gasteiger charge is 2.42. The lowest BCUT2D eigenvalue weighted by Gasteiger charge is -2.39. The van der Waals surface area contributed by atoms with Crippen molar-refractivity contribution in [2.45, 2.75) is 70.5 Å². The Morgan fingerprint density at radius 1 is 1.24 bits per heavy atom. The van der Waals surface area contributed by atoms with Gasteiger partial charge in [0.25, 0.3) is 0 Å². The topological polar surface area (TPSA) is 89.5 Å². The molecule has 3 aromatic rings. The van der Waals surface area contributed by atoms with Crippen molar-refractivity contribution in [2.24, 2.45) is 7.05 Å². The van der Waals surface area contributed by atoms with Crippen LogP contribution in [-0.4, -0.2) is 39.7 Å². The second kappa shape index (κ2) is 8.71. The summed E-state index contributed by atoms with van der Waals surface area (Å²) in [5.74, 6) is 1.24. The van der Waals surface area contributed by atoms with E-state index in [1.807, 2.05) is 25.4 Å². The molecule has 2 heterocycles. The van der Waals surface area contributed by atoms with Crippen molar-refractivity contribution in [3.63, 3.8) is 0 Å². The van der Waals surface area contributed by atoms with Crippen LogP contribution in [0.1, 0.15) is 62.3 Å². The van der Waals surface area contributed by atoms with Crippen LogP contribution in [0.15, 0.2) is 30.7 Å². The summed E-state index contributed by atoms with van der Waals surface area (Å²) in [6, 6.07) is 8.45. The lowest BCUT2D eigenvalue weighted by molar-refractivity contribution is 0.208. The summed E-state index contributed by atoms with van der Waals surface area (Å²) in [5, 5.41) is 14.5. The SMILES string of the molecule is Cn1ccc(Cc2ncnc(-c3cc(C#N)c4c(c3)C(C)(CO[Si](C)(C)C(C)(C)C)CC4)n2)n1. The molecule has 178 valence electrons. The largest absolute Gasteiger partial charge is 0.416 e. The number of hydrogen-bond donors (Lipinski definition) is 0. The van der Waals surface area contributed by atoms with Gasteiger partial charge in [0.15, 0.2) is 14.1 Å². The van der Waals surface area contributed by atoms with Gasteiger partial charge in [-0.2, -0.15) is 10.4 Å². The number of nitriles is 1. The van der Waals surface area contributed by atoms with Gasteiger partial charge >= 0.3 is 0 Å². The summed E-state index contributed by atoms with van der Waals surface area (Å²) < 4.78 is 8.42. The second-order valence-electron chi connectivity index (χ2n) is 11.2. The Kier molecular flexibility index (Phi) is 6.21. The van der Waals surface area contributed by atoms with Gasteiger partial charge in [0, 0.05) is 30.8 Å². The zero-order valence-corrected chi connectivity index (χ0v) is 22.3. The Labute approximate surface area is 203 Å². The highest BCUT2D eigenvalue weighted by atomic mass is 28.4. The number of hydrogen-bond acceptors (Lipinski definition) is 6. The minimum absolute atomic E-state index is 0.143. The van der Waals surface area contributed by atoms with E-state index in [-0.39, 0.29) is 10.5 Å². The van der Waals surface area contributed by atoms with E-state index in [4.69, 9.17) is 9.41 Å². The van der Waals surface area contributed by atoms with Crippen LogP contribution in [0.2, 0.25) is 18.1 Å². The number of nitrogens with zero attached hydrogens (tertiary/aromatic N) is 6. The van der Waals surface area contributed by atoms with Crippen LogP contribution in [0.3, 0.4) is 0 Å². The van der Waals surface area contributed by atoms with Crippen LogP contribution >= 0.6 is 0 Å². The van der Waals surface area contributed by atoms with Gasteiger partial charge in [-0.05, 0) is 60.3 Å². The summed E-state index contributed by atoms with van der Waals surface area (Å²) >= 11 is 0. The molecule has 0 fully saturated rings. The van der Waals surface area contributed by atoms with Crippen LogP contribution in [0.5, 0.6) is 0 Å². The van der Waals surface area contributed by atoms with Crippen molar-refractivity contribution >= 4 is 8.32 Å². The van der Waals surface area contributed by atoms with E-state index >= 15 is 0 Å². The molecule has 1 unspecified atom stereocenters. The fourth-order valence-electron chi connectivity index (χ4n) is 4.22. The fraction of sp³-hybridized carbons (Fsp3) is 0.500. The van der Waals surface area contributed by atoms with E-state index in [9.17, 15) is 5.26 Å². The van der Waals surface area contributed by atoms with Crippen molar-refractivity contribution in [3.8, 4) is 17.5 Å². The zero-order valence-electron chi connectivity index (χ0n) is 21.3. The molecular formula is C26H34N6OSi. The van der Waals surface area contributed by atoms with E-state index < -0.39 is 8.32 Å². The zero-order chi connectivity index (χ0) is 24.7. The summed E-state index contributed by atoms with van der Waals surface area (Å²) in [6.07, 6.45) is 5.84. The second-order valence-corrected chi connectivity index (χ2v) is 16.0. The van der Waals surface area contributed by atoms with E-state index in [1.54, 1.807) is 11.0 Å². The van der Waals surface area contributed by atoms with E-state index in [0.29, 0.717) is 30.2 Å². The first-order valence-electron chi connectivity index (χ1n) is 11.8. The average molecular weight is 475 g/mol. The third-order valence-electron chi connectivity index (χ3n) is 7.49. The van der Waals surface area contributed by atoms with Gasteiger partial charge in [-0.15, -0.1) is 0 Å². The Balaban J connectivity index is 1.67. The minimum atomic E-state index is -1.89. The molecule has 0 N–H and O–H groups in total. The van der Waals surface area contributed by atoms with Gasteiger partial charge in [0.05, 0.1) is 23.7 Å². The third-order valence-corrected chi connectivity index (χ3v) is 12.0. The lowest BCUT2D eigenvalue weighted by atomic mass is 9.83.